The Morgan fingerprint density at radius 1 is 0.214 bits per heavy atom. The molecule has 0 bridgehead atoms. The zero-order valence-electron chi connectivity index (χ0n) is 38.6. The molecule has 13 rings (SSSR count). The van der Waals surface area contributed by atoms with Crippen molar-refractivity contribution in [3.8, 4) is 22.3 Å². The predicted octanol–water partition coefficient (Wildman–Crippen LogP) is 19.1. The summed E-state index contributed by atoms with van der Waals surface area (Å²) in [6, 6.07) is 97.9. The first kappa shape index (κ1) is 41.1. The maximum absolute atomic E-state index is 2.38. The third-order valence-electron chi connectivity index (χ3n) is 14.3. The lowest BCUT2D eigenvalue weighted by Crippen LogP contribution is -1.94. The summed E-state index contributed by atoms with van der Waals surface area (Å²) in [5, 5.41) is 14.9. The minimum absolute atomic E-state index is 1.18. The van der Waals surface area contributed by atoms with Gasteiger partial charge in [-0.1, -0.05) is 267 Å². The Hall–Kier alpha value is -9.10. The van der Waals surface area contributed by atoms with Crippen molar-refractivity contribution in [2.75, 3.05) is 0 Å². The summed E-state index contributed by atoms with van der Waals surface area (Å²) < 4.78 is 0. The van der Waals surface area contributed by atoms with E-state index >= 15 is 0 Å². The van der Waals surface area contributed by atoms with Crippen molar-refractivity contribution in [1.82, 2.24) is 0 Å². The van der Waals surface area contributed by atoms with Crippen LogP contribution in [0.2, 0.25) is 0 Å². The van der Waals surface area contributed by atoms with Gasteiger partial charge in [0.05, 0.1) is 0 Å². The molecule has 0 saturated carbocycles. The van der Waals surface area contributed by atoms with Crippen LogP contribution in [0, 0.1) is 0 Å². The molecule has 0 aliphatic carbocycles. The smallest absolute Gasteiger partial charge is 0.00264 e. The van der Waals surface area contributed by atoms with Crippen LogP contribution in [0.15, 0.2) is 267 Å². The molecule has 0 nitrogen and oxygen atoms in total. The molecule has 0 amide bonds. The Morgan fingerprint density at radius 3 is 0.843 bits per heavy atom. The van der Waals surface area contributed by atoms with Crippen molar-refractivity contribution in [3.05, 3.63) is 300 Å². The van der Waals surface area contributed by atoms with Crippen LogP contribution in [-0.4, -0.2) is 0 Å². The Bertz CT molecular complexity index is 3850. The maximum atomic E-state index is 2.38. The average molecular weight is 887 g/mol. The van der Waals surface area contributed by atoms with Crippen molar-refractivity contribution in [3.63, 3.8) is 0 Å². The van der Waals surface area contributed by atoms with E-state index in [9.17, 15) is 0 Å². The van der Waals surface area contributed by atoms with E-state index in [0.29, 0.717) is 0 Å². The van der Waals surface area contributed by atoms with Crippen molar-refractivity contribution < 1.29 is 0 Å². The third kappa shape index (κ3) is 7.26. The topological polar surface area (TPSA) is 0 Å². The van der Waals surface area contributed by atoms with E-state index in [4.69, 9.17) is 0 Å². The molecular weight excluding hydrogens is 841 g/mol. The number of hydrogen-bond donors (Lipinski definition) is 0. The standard InChI is InChI=1S/C70H46/c1-5-27-57-47(17-1)21-13-25-55(57)45-67(61-35-15-23-49-19-3-7-29-59(49)61)51-37-41-53(42-38-51)69-63-31-9-11-33-65(63)70(66-34-12-10-32-64(66)69)54-43-39-52(40-44-54)68(62-36-16-24-50-20-4-8-30-60(50)62)46-56-26-14-22-48-18-2-6-28-58(48)56/h1-46H/b67-45-,68-46-. The lowest BCUT2D eigenvalue weighted by atomic mass is 9.84. The van der Waals surface area contributed by atoms with E-state index in [2.05, 4.69) is 279 Å². The first-order chi connectivity index (χ1) is 34.7. The molecule has 0 N–H and O–H groups in total. The van der Waals surface area contributed by atoms with Gasteiger partial charge in [0, 0.05) is 0 Å². The van der Waals surface area contributed by atoms with Crippen LogP contribution >= 0.6 is 0 Å². The molecule has 326 valence electrons. The highest BCUT2D eigenvalue weighted by atomic mass is 14.2. The molecule has 0 saturated heterocycles. The van der Waals surface area contributed by atoms with Gasteiger partial charge in [0.2, 0.25) is 0 Å². The van der Waals surface area contributed by atoms with Crippen LogP contribution in [0.4, 0.5) is 0 Å². The normalized spacial score (nSPS) is 12.2. The highest BCUT2D eigenvalue weighted by molar-refractivity contribution is 6.21. The number of benzene rings is 13. The van der Waals surface area contributed by atoms with Gasteiger partial charge < -0.3 is 0 Å². The molecule has 0 unspecified atom stereocenters. The largest absolute Gasteiger partial charge is 0.0616 e. The fraction of sp³-hybridized carbons (Fsp3) is 0. The fourth-order valence-corrected chi connectivity index (χ4v) is 11.0. The summed E-state index contributed by atoms with van der Waals surface area (Å²) in [6.07, 6.45) is 4.77. The van der Waals surface area contributed by atoms with Crippen LogP contribution in [0.5, 0.6) is 0 Å². The summed E-state index contributed by atoms with van der Waals surface area (Å²) in [5.41, 5.74) is 14.5. The monoisotopic (exact) mass is 886 g/mol. The van der Waals surface area contributed by atoms with E-state index in [1.807, 2.05) is 0 Å². The molecule has 0 heteroatoms. The number of fused-ring (bicyclic) bond motifs is 6. The lowest BCUT2D eigenvalue weighted by molar-refractivity contribution is 1.57. The van der Waals surface area contributed by atoms with E-state index in [-0.39, 0.29) is 0 Å². The van der Waals surface area contributed by atoms with Gasteiger partial charge in [-0.05, 0) is 144 Å². The van der Waals surface area contributed by atoms with Crippen molar-refractivity contribution >= 4 is 87.9 Å². The molecule has 0 radical (unpaired) electrons. The molecule has 13 aromatic carbocycles. The van der Waals surface area contributed by atoms with Crippen LogP contribution in [0.25, 0.3) is 110 Å². The first-order valence-electron chi connectivity index (χ1n) is 24.2. The molecule has 0 fully saturated rings. The van der Waals surface area contributed by atoms with Gasteiger partial charge in [-0.3, -0.25) is 0 Å². The molecule has 0 aromatic heterocycles. The van der Waals surface area contributed by atoms with Gasteiger partial charge in [-0.15, -0.1) is 0 Å². The second-order valence-corrected chi connectivity index (χ2v) is 18.3. The highest BCUT2D eigenvalue weighted by Gasteiger charge is 2.19. The molecule has 0 atom stereocenters. The number of hydrogen-bond acceptors (Lipinski definition) is 0. The van der Waals surface area contributed by atoms with Crippen LogP contribution in [-0.2, 0) is 0 Å². The molecule has 0 aliphatic heterocycles. The van der Waals surface area contributed by atoms with Gasteiger partial charge >= 0.3 is 0 Å². The highest BCUT2D eigenvalue weighted by Crippen LogP contribution is 2.45. The second-order valence-electron chi connectivity index (χ2n) is 18.3. The van der Waals surface area contributed by atoms with Gasteiger partial charge in [0.1, 0.15) is 0 Å². The summed E-state index contributed by atoms with van der Waals surface area (Å²) >= 11 is 0. The SMILES string of the molecule is C(=C(\c1ccc(-c2c3ccccc3c(-c3ccc(/C(=C/c4cccc5ccccc45)c4cccc5ccccc45)cc3)c3ccccc23)cc1)c1cccc2ccccc12)/c1cccc2ccccc12. The van der Waals surface area contributed by atoms with Crippen LogP contribution < -0.4 is 0 Å². The van der Waals surface area contributed by atoms with Crippen molar-refractivity contribution in [1.29, 1.82) is 0 Å². The minimum Gasteiger partial charge on any atom is -0.0616 e. The van der Waals surface area contributed by atoms with Gasteiger partial charge in [0.25, 0.3) is 0 Å². The number of rotatable bonds is 8. The average Bonchev–Trinajstić information content (AvgIpc) is 3.43. The molecular formula is C70H46. The summed E-state index contributed by atoms with van der Waals surface area (Å²) in [7, 11) is 0. The quantitative estimate of drug-likeness (QED) is 0.105. The Balaban J connectivity index is 0.947. The second kappa shape index (κ2) is 17.5. The summed E-state index contributed by atoms with van der Waals surface area (Å²) in [5.74, 6) is 0. The zero-order chi connectivity index (χ0) is 46.4. The molecule has 13 aromatic rings. The lowest BCUT2D eigenvalue weighted by Gasteiger charge is -2.19. The van der Waals surface area contributed by atoms with Crippen LogP contribution in [0.1, 0.15) is 33.4 Å². The molecule has 0 spiro atoms. The van der Waals surface area contributed by atoms with Gasteiger partial charge in [-0.2, -0.15) is 0 Å². The Labute approximate surface area is 408 Å². The Morgan fingerprint density at radius 2 is 0.486 bits per heavy atom. The van der Waals surface area contributed by atoms with E-state index in [1.54, 1.807) is 0 Å². The first-order valence-corrected chi connectivity index (χ1v) is 24.2. The summed E-state index contributed by atoms with van der Waals surface area (Å²) in [6.45, 7) is 0. The molecule has 0 heterocycles. The van der Waals surface area contributed by atoms with Crippen molar-refractivity contribution in [2.45, 2.75) is 0 Å². The fourth-order valence-electron chi connectivity index (χ4n) is 11.0. The summed E-state index contributed by atoms with van der Waals surface area (Å²) in [4.78, 5) is 0. The minimum atomic E-state index is 1.18. The van der Waals surface area contributed by atoms with E-state index in [1.165, 1.54) is 131 Å². The molecule has 0 aliphatic rings. The molecule has 70 heavy (non-hydrogen) atoms. The van der Waals surface area contributed by atoms with E-state index < -0.39 is 0 Å². The van der Waals surface area contributed by atoms with Gasteiger partial charge in [0.15, 0.2) is 0 Å². The van der Waals surface area contributed by atoms with Crippen LogP contribution in [0.3, 0.4) is 0 Å². The zero-order valence-corrected chi connectivity index (χ0v) is 38.6. The van der Waals surface area contributed by atoms with Crippen molar-refractivity contribution in [2.24, 2.45) is 0 Å². The predicted molar refractivity (Wildman–Crippen MR) is 302 cm³/mol. The maximum Gasteiger partial charge on any atom is -0.00264 e. The third-order valence-corrected chi connectivity index (χ3v) is 14.3. The van der Waals surface area contributed by atoms with E-state index in [0.717, 1.165) is 0 Å². The van der Waals surface area contributed by atoms with Gasteiger partial charge in [-0.25, -0.2) is 0 Å². The Kier molecular flexibility index (Phi) is 10.3.